The number of fused-ring (bicyclic) bond motifs is 5. The fraction of sp³-hybridized carbons (Fsp3) is 0.833. The average molecular weight is 384 g/mol. The maximum Gasteiger partial charge on any atom is 0.0693 e. The average Bonchev–Trinajstić information content (AvgIpc) is 3.27. The normalized spacial score (nSPS) is 47.8. The van der Waals surface area contributed by atoms with Crippen LogP contribution in [0.4, 0.5) is 0 Å². The van der Waals surface area contributed by atoms with Crippen molar-refractivity contribution in [3.05, 3.63) is 24.5 Å². The number of nitrogens with zero attached hydrogens (tertiary/aromatic N) is 3. The number of hydrogen-bond acceptors (Lipinski definition) is 3. The summed E-state index contributed by atoms with van der Waals surface area (Å²) in [5, 5.41) is 18.7. The molecule has 28 heavy (non-hydrogen) atoms. The molecule has 0 unspecified atom stereocenters. The molecule has 8 atom stereocenters. The Kier molecular flexibility index (Phi) is 4.50. The van der Waals surface area contributed by atoms with E-state index in [9.17, 15) is 5.11 Å². The van der Waals surface area contributed by atoms with Gasteiger partial charge in [0.15, 0.2) is 0 Å². The Morgan fingerprint density at radius 3 is 2.68 bits per heavy atom. The molecule has 1 N–H and O–H groups in total. The van der Waals surface area contributed by atoms with Crippen LogP contribution in [0.25, 0.3) is 0 Å². The van der Waals surface area contributed by atoms with Crippen molar-refractivity contribution in [1.29, 1.82) is 0 Å². The molecule has 0 spiro atoms. The third-order valence-corrected chi connectivity index (χ3v) is 9.57. The molecule has 0 aromatic carbocycles. The predicted octanol–water partition coefficient (Wildman–Crippen LogP) is 4.85. The van der Waals surface area contributed by atoms with Crippen molar-refractivity contribution in [1.82, 2.24) is 15.0 Å². The van der Waals surface area contributed by atoms with E-state index in [-0.39, 0.29) is 0 Å². The first-order valence-corrected chi connectivity index (χ1v) is 11.6. The SMILES string of the molecule is C=C(Cn1ccnn1)[C@H]1CC[C@H]2[C@@H]3CC[C@@H]4C[C@](C)(O)CC[C@@H]4[C@H]3CC[C@]12C. The van der Waals surface area contributed by atoms with Crippen molar-refractivity contribution in [2.24, 2.45) is 40.9 Å². The smallest absolute Gasteiger partial charge is 0.0693 e. The van der Waals surface area contributed by atoms with E-state index in [4.69, 9.17) is 0 Å². The Hall–Kier alpha value is -1.16. The standard InChI is InChI=1S/C24H37N3O/c1-16(15-27-13-12-25-26-27)21-6-7-22-20-5-4-17-14-23(2,28)10-8-18(17)19(20)9-11-24(21,22)3/h12-13,17-22,28H,1,4-11,14-15H2,2-3H3/t17-,18+,19-,20-,21-,22+,23-,24-/m1/s1. The minimum Gasteiger partial charge on any atom is -0.390 e. The highest BCUT2D eigenvalue weighted by molar-refractivity contribution is 5.15. The minimum atomic E-state index is -0.408. The molecule has 1 aromatic heterocycles. The third kappa shape index (κ3) is 2.98. The molecule has 4 saturated carbocycles. The van der Waals surface area contributed by atoms with Crippen LogP contribution in [0.3, 0.4) is 0 Å². The van der Waals surface area contributed by atoms with Gasteiger partial charge in [-0.3, -0.25) is 0 Å². The van der Waals surface area contributed by atoms with Crippen LogP contribution < -0.4 is 0 Å². The summed E-state index contributed by atoms with van der Waals surface area (Å²) in [6, 6.07) is 0. The summed E-state index contributed by atoms with van der Waals surface area (Å²) in [6.45, 7) is 9.98. The molecular weight excluding hydrogens is 346 g/mol. The van der Waals surface area contributed by atoms with Crippen LogP contribution in [-0.4, -0.2) is 25.7 Å². The Morgan fingerprint density at radius 1 is 1.07 bits per heavy atom. The molecular formula is C24H37N3O. The first-order chi connectivity index (χ1) is 13.4. The van der Waals surface area contributed by atoms with E-state index in [2.05, 4.69) is 30.7 Å². The lowest BCUT2D eigenvalue weighted by atomic mass is 9.49. The Morgan fingerprint density at radius 2 is 1.89 bits per heavy atom. The van der Waals surface area contributed by atoms with Gasteiger partial charge in [-0.2, -0.15) is 0 Å². The lowest BCUT2D eigenvalue weighted by Crippen LogP contribution is -2.50. The zero-order valence-electron chi connectivity index (χ0n) is 17.7. The topological polar surface area (TPSA) is 50.9 Å². The van der Waals surface area contributed by atoms with Crippen LogP contribution in [0.2, 0.25) is 0 Å². The van der Waals surface area contributed by atoms with Gasteiger partial charge in [0.05, 0.1) is 18.3 Å². The van der Waals surface area contributed by atoms with Crippen LogP contribution in [0.1, 0.15) is 71.6 Å². The first kappa shape index (κ1) is 18.8. The molecule has 0 radical (unpaired) electrons. The third-order valence-electron chi connectivity index (χ3n) is 9.57. The van der Waals surface area contributed by atoms with Gasteiger partial charge in [-0.15, -0.1) is 5.10 Å². The second-order valence-corrected chi connectivity index (χ2v) is 11.1. The van der Waals surface area contributed by atoms with Gasteiger partial charge in [0.2, 0.25) is 0 Å². The van der Waals surface area contributed by atoms with Crippen molar-refractivity contribution >= 4 is 0 Å². The van der Waals surface area contributed by atoms with E-state index < -0.39 is 5.60 Å². The molecule has 4 heteroatoms. The molecule has 1 heterocycles. The number of hydrogen-bond donors (Lipinski definition) is 1. The predicted molar refractivity (Wildman–Crippen MR) is 110 cm³/mol. The van der Waals surface area contributed by atoms with Gasteiger partial charge in [-0.1, -0.05) is 24.3 Å². The molecule has 0 aliphatic heterocycles. The Bertz CT molecular complexity index is 726. The Labute approximate surface area is 169 Å². The number of aliphatic hydroxyl groups is 1. The molecule has 0 bridgehead atoms. The molecule has 4 aliphatic carbocycles. The number of allylic oxidation sites excluding steroid dienone is 1. The fourth-order valence-electron chi connectivity index (χ4n) is 8.39. The van der Waals surface area contributed by atoms with Gasteiger partial charge in [-0.05, 0) is 106 Å². The second-order valence-electron chi connectivity index (χ2n) is 11.1. The van der Waals surface area contributed by atoms with E-state index in [1.807, 2.05) is 10.9 Å². The van der Waals surface area contributed by atoms with Gasteiger partial charge >= 0.3 is 0 Å². The second kappa shape index (κ2) is 6.68. The molecule has 0 saturated heterocycles. The quantitative estimate of drug-likeness (QED) is 0.759. The maximum atomic E-state index is 10.6. The molecule has 0 amide bonds. The van der Waals surface area contributed by atoms with Crippen LogP contribution in [-0.2, 0) is 6.54 Å². The van der Waals surface area contributed by atoms with Crippen LogP contribution in [0, 0.1) is 40.9 Å². The largest absolute Gasteiger partial charge is 0.390 e. The minimum absolute atomic E-state index is 0.408. The van der Waals surface area contributed by atoms with Crippen molar-refractivity contribution in [3.8, 4) is 0 Å². The van der Waals surface area contributed by atoms with Crippen LogP contribution >= 0.6 is 0 Å². The summed E-state index contributed by atoms with van der Waals surface area (Å²) < 4.78 is 1.93. The summed E-state index contributed by atoms with van der Waals surface area (Å²) in [4.78, 5) is 0. The molecule has 4 fully saturated rings. The molecule has 5 rings (SSSR count). The van der Waals surface area contributed by atoms with E-state index in [1.165, 1.54) is 50.5 Å². The molecule has 154 valence electrons. The summed E-state index contributed by atoms with van der Waals surface area (Å²) in [5.41, 5.74) is 1.37. The van der Waals surface area contributed by atoms with Gasteiger partial charge in [0.1, 0.15) is 0 Å². The zero-order valence-corrected chi connectivity index (χ0v) is 17.7. The fourth-order valence-corrected chi connectivity index (χ4v) is 8.39. The van der Waals surface area contributed by atoms with E-state index in [0.29, 0.717) is 11.3 Å². The number of rotatable bonds is 3. The van der Waals surface area contributed by atoms with Gasteiger partial charge in [-0.25, -0.2) is 4.68 Å². The van der Waals surface area contributed by atoms with Gasteiger partial charge < -0.3 is 5.11 Å². The zero-order chi connectivity index (χ0) is 19.5. The van der Waals surface area contributed by atoms with Crippen molar-refractivity contribution < 1.29 is 5.11 Å². The van der Waals surface area contributed by atoms with Crippen molar-refractivity contribution in [3.63, 3.8) is 0 Å². The van der Waals surface area contributed by atoms with E-state index in [0.717, 1.165) is 49.0 Å². The first-order valence-electron chi connectivity index (χ1n) is 11.6. The number of aromatic nitrogens is 3. The summed E-state index contributed by atoms with van der Waals surface area (Å²) >= 11 is 0. The summed E-state index contributed by atoms with van der Waals surface area (Å²) in [6.07, 6.45) is 15.2. The molecule has 4 nitrogen and oxygen atoms in total. The van der Waals surface area contributed by atoms with E-state index >= 15 is 0 Å². The summed E-state index contributed by atoms with van der Waals surface area (Å²) in [7, 11) is 0. The highest BCUT2D eigenvalue weighted by atomic mass is 16.3. The van der Waals surface area contributed by atoms with Gasteiger partial charge in [0.25, 0.3) is 0 Å². The van der Waals surface area contributed by atoms with Gasteiger partial charge in [0, 0.05) is 6.20 Å². The molecule has 1 aromatic rings. The van der Waals surface area contributed by atoms with E-state index in [1.54, 1.807) is 6.20 Å². The summed E-state index contributed by atoms with van der Waals surface area (Å²) in [5.74, 6) is 4.97. The lowest BCUT2D eigenvalue weighted by molar-refractivity contribution is -0.0979. The van der Waals surface area contributed by atoms with Crippen LogP contribution in [0.15, 0.2) is 24.5 Å². The lowest BCUT2D eigenvalue weighted by Gasteiger charge is -2.57. The maximum absolute atomic E-state index is 10.6. The molecule has 4 aliphatic rings. The highest BCUT2D eigenvalue weighted by Gasteiger charge is 2.57. The monoisotopic (exact) mass is 383 g/mol. The highest BCUT2D eigenvalue weighted by Crippen LogP contribution is 2.65. The van der Waals surface area contributed by atoms with Crippen molar-refractivity contribution in [2.75, 3.05) is 0 Å². The van der Waals surface area contributed by atoms with Crippen LogP contribution in [0.5, 0.6) is 0 Å². The Balaban J connectivity index is 1.32. The van der Waals surface area contributed by atoms with Crippen molar-refractivity contribution in [2.45, 2.75) is 83.8 Å².